The van der Waals surface area contributed by atoms with Crippen molar-refractivity contribution in [2.75, 3.05) is 0 Å². The summed E-state index contributed by atoms with van der Waals surface area (Å²) in [5.41, 5.74) is 0.640. The van der Waals surface area contributed by atoms with Gasteiger partial charge in [-0.2, -0.15) is 0 Å². The lowest BCUT2D eigenvalue weighted by molar-refractivity contribution is 0.104. The molecule has 1 aromatic carbocycles. The predicted octanol–water partition coefficient (Wildman–Crippen LogP) is 5.06. The Kier molecular flexibility index (Phi) is 4.15. The van der Waals surface area contributed by atoms with Crippen LogP contribution in [0.4, 0.5) is 0 Å². The first-order valence-electron chi connectivity index (χ1n) is 4.88. The number of allylic oxidation sites excluding steroid dienone is 1. The molecule has 0 bridgehead atoms. The topological polar surface area (TPSA) is 17.1 Å². The van der Waals surface area contributed by atoms with E-state index >= 15 is 0 Å². The molecule has 0 saturated heterocycles. The summed E-state index contributed by atoms with van der Waals surface area (Å²) >= 11 is 10.7. The SMILES string of the molecule is O=C(/C=C/c1ccc(Br)s1)c1ccc(Cl)cc1. The summed E-state index contributed by atoms with van der Waals surface area (Å²) in [4.78, 5) is 12.8. The Morgan fingerprint density at radius 3 is 2.47 bits per heavy atom. The van der Waals surface area contributed by atoms with Gasteiger partial charge in [-0.3, -0.25) is 4.79 Å². The summed E-state index contributed by atoms with van der Waals surface area (Å²) in [6, 6.07) is 10.8. The van der Waals surface area contributed by atoms with Crippen LogP contribution in [0.3, 0.4) is 0 Å². The smallest absolute Gasteiger partial charge is 0.185 e. The molecule has 0 saturated carbocycles. The van der Waals surface area contributed by atoms with E-state index in [1.165, 1.54) is 0 Å². The standard InChI is InChI=1S/C13H8BrClOS/c14-13-8-6-11(17-13)5-7-12(16)9-1-3-10(15)4-2-9/h1-8H/b7-5+. The van der Waals surface area contributed by atoms with Gasteiger partial charge >= 0.3 is 0 Å². The Balaban J connectivity index is 2.11. The molecule has 0 amide bonds. The average molecular weight is 328 g/mol. The van der Waals surface area contributed by atoms with Crippen LogP contribution < -0.4 is 0 Å². The van der Waals surface area contributed by atoms with Crippen LogP contribution in [-0.2, 0) is 0 Å². The highest BCUT2D eigenvalue weighted by molar-refractivity contribution is 9.11. The van der Waals surface area contributed by atoms with Crippen molar-refractivity contribution >= 4 is 50.7 Å². The van der Waals surface area contributed by atoms with Gasteiger partial charge in [-0.1, -0.05) is 11.6 Å². The second-order valence-corrected chi connectivity index (χ2v) is 6.28. The number of thiophene rings is 1. The molecule has 0 aliphatic heterocycles. The van der Waals surface area contributed by atoms with Gasteiger partial charge in [0.1, 0.15) is 0 Å². The molecule has 0 unspecified atom stereocenters. The lowest BCUT2D eigenvalue weighted by Gasteiger charge is -1.95. The van der Waals surface area contributed by atoms with Gasteiger partial charge in [-0.25, -0.2) is 0 Å². The Hall–Kier alpha value is -0.900. The van der Waals surface area contributed by atoms with Gasteiger partial charge in [-0.05, 0) is 64.5 Å². The number of benzene rings is 1. The molecule has 1 aromatic heterocycles. The van der Waals surface area contributed by atoms with E-state index in [0.717, 1.165) is 8.66 Å². The molecule has 0 radical (unpaired) electrons. The van der Waals surface area contributed by atoms with Gasteiger partial charge in [0.15, 0.2) is 5.78 Å². The van der Waals surface area contributed by atoms with Gasteiger partial charge in [0.05, 0.1) is 3.79 Å². The molecule has 0 aliphatic carbocycles. The van der Waals surface area contributed by atoms with Crippen LogP contribution in [0.1, 0.15) is 15.2 Å². The predicted molar refractivity (Wildman–Crippen MR) is 76.8 cm³/mol. The van der Waals surface area contributed by atoms with Crippen LogP contribution in [0.2, 0.25) is 5.02 Å². The van der Waals surface area contributed by atoms with Gasteiger partial charge in [-0.15, -0.1) is 11.3 Å². The fourth-order valence-electron chi connectivity index (χ4n) is 1.29. The van der Waals surface area contributed by atoms with Crippen molar-refractivity contribution in [1.29, 1.82) is 0 Å². The number of carbonyl (C=O) groups is 1. The quantitative estimate of drug-likeness (QED) is 0.569. The van der Waals surface area contributed by atoms with Crippen molar-refractivity contribution < 1.29 is 4.79 Å². The van der Waals surface area contributed by atoms with Crippen molar-refractivity contribution in [3.63, 3.8) is 0 Å². The minimum atomic E-state index is -0.0220. The number of halogens is 2. The molecule has 4 heteroatoms. The number of ketones is 1. The molecule has 0 spiro atoms. The van der Waals surface area contributed by atoms with E-state index in [0.29, 0.717) is 10.6 Å². The van der Waals surface area contributed by atoms with E-state index in [1.807, 2.05) is 18.2 Å². The van der Waals surface area contributed by atoms with Crippen molar-refractivity contribution in [3.05, 3.63) is 61.7 Å². The van der Waals surface area contributed by atoms with E-state index in [2.05, 4.69) is 15.9 Å². The number of carbonyl (C=O) groups excluding carboxylic acids is 1. The van der Waals surface area contributed by atoms with Crippen molar-refractivity contribution in [2.24, 2.45) is 0 Å². The minimum Gasteiger partial charge on any atom is -0.289 e. The number of hydrogen-bond acceptors (Lipinski definition) is 2. The lowest BCUT2D eigenvalue weighted by atomic mass is 10.1. The molecule has 0 N–H and O–H groups in total. The normalized spacial score (nSPS) is 10.9. The number of hydrogen-bond donors (Lipinski definition) is 0. The van der Waals surface area contributed by atoms with Crippen molar-refractivity contribution in [3.8, 4) is 0 Å². The van der Waals surface area contributed by atoms with Crippen LogP contribution >= 0.6 is 38.9 Å². The highest BCUT2D eigenvalue weighted by atomic mass is 79.9. The molecule has 0 atom stereocenters. The van der Waals surface area contributed by atoms with E-state index in [4.69, 9.17) is 11.6 Å². The highest BCUT2D eigenvalue weighted by Gasteiger charge is 2.01. The zero-order valence-corrected chi connectivity index (χ0v) is 11.8. The maximum absolute atomic E-state index is 11.8. The maximum Gasteiger partial charge on any atom is 0.185 e. The largest absolute Gasteiger partial charge is 0.289 e. The zero-order valence-electron chi connectivity index (χ0n) is 8.69. The van der Waals surface area contributed by atoms with Crippen LogP contribution in [0.25, 0.3) is 6.08 Å². The summed E-state index contributed by atoms with van der Waals surface area (Å²) in [7, 11) is 0. The fourth-order valence-corrected chi connectivity index (χ4v) is 2.74. The molecule has 0 fully saturated rings. The lowest BCUT2D eigenvalue weighted by Crippen LogP contribution is -1.92. The molecule has 2 rings (SSSR count). The van der Waals surface area contributed by atoms with Crippen LogP contribution in [0.15, 0.2) is 46.3 Å². The summed E-state index contributed by atoms with van der Waals surface area (Å²) in [5, 5.41) is 0.632. The van der Waals surface area contributed by atoms with Crippen LogP contribution in [0, 0.1) is 0 Å². The Labute approximate surface area is 117 Å². The molecule has 0 aliphatic rings. The van der Waals surface area contributed by atoms with E-state index < -0.39 is 0 Å². The highest BCUT2D eigenvalue weighted by Crippen LogP contribution is 2.23. The monoisotopic (exact) mass is 326 g/mol. The summed E-state index contributed by atoms with van der Waals surface area (Å²) in [6.45, 7) is 0. The molecule has 1 heterocycles. The third-order valence-corrected chi connectivity index (χ3v) is 3.96. The van der Waals surface area contributed by atoms with Crippen LogP contribution in [0.5, 0.6) is 0 Å². The third-order valence-electron chi connectivity index (χ3n) is 2.12. The fraction of sp³-hybridized carbons (Fsp3) is 0. The molecule has 17 heavy (non-hydrogen) atoms. The second-order valence-electron chi connectivity index (χ2n) is 3.35. The Morgan fingerprint density at radius 2 is 1.88 bits per heavy atom. The summed E-state index contributed by atoms with van der Waals surface area (Å²) in [6.07, 6.45) is 3.38. The summed E-state index contributed by atoms with van der Waals surface area (Å²) < 4.78 is 1.05. The maximum atomic E-state index is 11.8. The van der Waals surface area contributed by atoms with E-state index in [9.17, 15) is 4.79 Å². The first-order chi connectivity index (χ1) is 8.15. The molecule has 2 aromatic rings. The van der Waals surface area contributed by atoms with E-state index in [1.54, 1.807) is 41.7 Å². The van der Waals surface area contributed by atoms with Crippen molar-refractivity contribution in [2.45, 2.75) is 0 Å². The summed E-state index contributed by atoms with van der Waals surface area (Å²) in [5.74, 6) is -0.0220. The average Bonchev–Trinajstić information content (AvgIpc) is 2.73. The van der Waals surface area contributed by atoms with Gasteiger partial charge < -0.3 is 0 Å². The minimum absolute atomic E-state index is 0.0220. The molecule has 86 valence electrons. The van der Waals surface area contributed by atoms with E-state index in [-0.39, 0.29) is 5.78 Å². The Morgan fingerprint density at radius 1 is 1.18 bits per heavy atom. The molecule has 1 nitrogen and oxygen atoms in total. The van der Waals surface area contributed by atoms with Crippen LogP contribution in [-0.4, -0.2) is 5.78 Å². The Bertz CT molecular complexity index is 557. The molecular weight excluding hydrogens is 320 g/mol. The van der Waals surface area contributed by atoms with Crippen molar-refractivity contribution in [1.82, 2.24) is 0 Å². The zero-order chi connectivity index (χ0) is 12.3. The van der Waals surface area contributed by atoms with Gasteiger partial charge in [0.25, 0.3) is 0 Å². The first kappa shape index (κ1) is 12.6. The second kappa shape index (κ2) is 5.63. The molecular formula is C13H8BrClOS. The van der Waals surface area contributed by atoms with Gasteiger partial charge in [0, 0.05) is 15.5 Å². The van der Waals surface area contributed by atoms with Gasteiger partial charge in [0.2, 0.25) is 0 Å². The first-order valence-corrected chi connectivity index (χ1v) is 6.87. The third kappa shape index (κ3) is 3.53. The number of rotatable bonds is 3.